The molecule has 0 aliphatic carbocycles. The summed E-state index contributed by atoms with van der Waals surface area (Å²) in [4.78, 5) is 16.8. The van der Waals surface area contributed by atoms with E-state index in [0.29, 0.717) is 5.92 Å². The van der Waals surface area contributed by atoms with Gasteiger partial charge in [-0.05, 0) is 17.5 Å². The van der Waals surface area contributed by atoms with E-state index in [1.54, 1.807) is 6.20 Å². The van der Waals surface area contributed by atoms with Gasteiger partial charge in [-0.15, -0.1) is 0 Å². The normalized spacial score (nSPS) is 11.6. The largest absolute Gasteiger partial charge is 0.338 e. The molecule has 0 unspecified atom stereocenters. The summed E-state index contributed by atoms with van der Waals surface area (Å²) in [6.07, 6.45) is 5.50. The van der Waals surface area contributed by atoms with Crippen LogP contribution in [0, 0.1) is 0 Å². The van der Waals surface area contributed by atoms with Gasteiger partial charge in [-0.3, -0.25) is 4.98 Å². The van der Waals surface area contributed by atoms with E-state index in [4.69, 9.17) is 4.98 Å². The molecule has 1 N–H and O–H groups in total. The predicted molar refractivity (Wildman–Crippen MR) is 88.7 cm³/mol. The Balaban J connectivity index is 1.95. The molecule has 0 saturated carbocycles. The lowest BCUT2D eigenvalue weighted by molar-refractivity contribution is 0.866. The first-order valence-electron chi connectivity index (χ1n) is 7.42. The summed E-state index contributed by atoms with van der Waals surface area (Å²) < 4.78 is 0. The van der Waals surface area contributed by atoms with Crippen LogP contribution in [0.1, 0.15) is 25.3 Å². The number of pyridine rings is 1. The van der Waals surface area contributed by atoms with Gasteiger partial charge in [0.05, 0.1) is 11.7 Å². The molecule has 1 aromatic carbocycles. The van der Waals surface area contributed by atoms with E-state index in [9.17, 15) is 0 Å². The van der Waals surface area contributed by atoms with Crippen molar-refractivity contribution in [2.75, 3.05) is 0 Å². The third-order valence-electron chi connectivity index (χ3n) is 3.98. The molecule has 4 aromatic rings. The zero-order valence-electron chi connectivity index (χ0n) is 12.5. The van der Waals surface area contributed by atoms with Gasteiger partial charge in [0.2, 0.25) is 0 Å². The van der Waals surface area contributed by atoms with Crippen molar-refractivity contribution in [1.82, 2.24) is 19.9 Å². The van der Waals surface area contributed by atoms with Crippen LogP contribution >= 0.6 is 0 Å². The fourth-order valence-electron chi connectivity index (χ4n) is 2.86. The molecule has 4 heteroatoms. The molecular formula is C18H16N4. The van der Waals surface area contributed by atoms with Gasteiger partial charge >= 0.3 is 0 Å². The molecule has 3 aromatic heterocycles. The Bertz CT molecular complexity index is 969. The van der Waals surface area contributed by atoms with Crippen LogP contribution in [0.5, 0.6) is 0 Å². The molecule has 0 atom stereocenters. The molecule has 0 aliphatic rings. The highest BCUT2D eigenvalue weighted by Gasteiger charge is 2.12. The van der Waals surface area contributed by atoms with Gasteiger partial charge < -0.3 is 4.98 Å². The van der Waals surface area contributed by atoms with Gasteiger partial charge in [-0.2, -0.15) is 0 Å². The maximum atomic E-state index is 4.73. The van der Waals surface area contributed by atoms with E-state index in [1.807, 2.05) is 24.5 Å². The number of hydrogen-bond donors (Lipinski definition) is 1. The lowest BCUT2D eigenvalue weighted by atomic mass is 9.97. The number of H-pyrrole nitrogens is 1. The number of aromatic nitrogens is 4. The van der Waals surface area contributed by atoms with Gasteiger partial charge in [0.25, 0.3) is 0 Å². The molecule has 4 nitrogen and oxygen atoms in total. The van der Waals surface area contributed by atoms with Crippen molar-refractivity contribution in [3.63, 3.8) is 0 Å². The van der Waals surface area contributed by atoms with Crippen molar-refractivity contribution in [2.45, 2.75) is 19.8 Å². The predicted octanol–water partition coefficient (Wildman–Crippen LogP) is 4.30. The first-order valence-corrected chi connectivity index (χ1v) is 7.42. The molecule has 22 heavy (non-hydrogen) atoms. The third-order valence-corrected chi connectivity index (χ3v) is 3.98. The molecule has 0 amide bonds. The number of rotatable bonds is 2. The number of fused-ring (bicyclic) bond motifs is 3. The van der Waals surface area contributed by atoms with Crippen molar-refractivity contribution in [3.05, 3.63) is 54.5 Å². The van der Waals surface area contributed by atoms with Crippen molar-refractivity contribution >= 4 is 21.9 Å². The zero-order valence-corrected chi connectivity index (χ0v) is 12.5. The van der Waals surface area contributed by atoms with E-state index >= 15 is 0 Å². The summed E-state index contributed by atoms with van der Waals surface area (Å²) in [5.41, 5.74) is 4.20. The Morgan fingerprint density at radius 2 is 1.86 bits per heavy atom. The van der Waals surface area contributed by atoms with Crippen LogP contribution in [-0.4, -0.2) is 19.9 Å². The van der Waals surface area contributed by atoms with Gasteiger partial charge in [-0.25, -0.2) is 9.97 Å². The van der Waals surface area contributed by atoms with Crippen LogP contribution in [-0.2, 0) is 0 Å². The average molecular weight is 288 g/mol. The van der Waals surface area contributed by atoms with Crippen LogP contribution in [0.2, 0.25) is 0 Å². The van der Waals surface area contributed by atoms with Crippen molar-refractivity contribution in [1.29, 1.82) is 0 Å². The van der Waals surface area contributed by atoms with E-state index in [1.165, 1.54) is 5.56 Å². The highest BCUT2D eigenvalue weighted by atomic mass is 14.9. The van der Waals surface area contributed by atoms with Crippen molar-refractivity contribution in [2.24, 2.45) is 0 Å². The molecule has 0 spiro atoms. The first kappa shape index (κ1) is 13.0. The Hall–Kier alpha value is -2.75. The monoisotopic (exact) mass is 288 g/mol. The van der Waals surface area contributed by atoms with Crippen LogP contribution in [0.25, 0.3) is 33.3 Å². The lowest BCUT2D eigenvalue weighted by Gasteiger charge is -2.11. The maximum absolute atomic E-state index is 4.73. The molecule has 0 saturated heterocycles. The number of aromatic amines is 1. The summed E-state index contributed by atoms with van der Waals surface area (Å²) in [6, 6.07) is 10.3. The van der Waals surface area contributed by atoms with Gasteiger partial charge in [0.1, 0.15) is 5.65 Å². The fourth-order valence-corrected chi connectivity index (χ4v) is 2.86. The summed E-state index contributed by atoms with van der Waals surface area (Å²) in [6.45, 7) is 4.37. The second kappa shape index (κ2) is 4.91. The summed E-state index contributed by atoms with van der Waals surface area (Å²) >= 11 is 0. The summed E-state index contributed by atoms with van der Waals surface area (Å²) in [5, 5.41) is 2.14. The van der Waals surface area contributed by atoms with E-state index in [0.717, 1.165) is 33.3 Å². The zero-order chi connectivity index (χ0) is 15.1. The average Bonchev–Trinajstić information content (AvgIpc) is 2.92. The second-order valence-corrected chi connectivity index (χ2v) is 5.74. The lowest BCUT2D eigenvalue weighted by Crippen LogP contribution is -1.96. The SMILES string of the molecule is CC(C)c1ccccc1-c1ncc2c(n1)[nH]c1cnccc12. The minimum Gasteiger partial charge on any atom is -0.338 e. The second-order valence-electron chi connectivity index (χ2n) is 5.74. The minimum absolute atomic E-state index is 0.433. The molecule has 0 aliphatic heterocycles. The summed E-state index contributed by atoms with van der Waals surface area (Å²) in [5.74, 6) is 1.19. The van der Waals surface area contributed by atoms with Gasteiger partial charge in [0.15, 0.2) is 5.82 Å². The van der Waals surface area contributed by atoms with Gasteiger partial charge in [-0.1, -0.05) is 38.1 Å². The minimum atomic E-state index is 0.433. The van der Waals surface area contributed by atoms with Crippen molar-refractivity contribution in [3.8, 4) is 11.4 Å². The van der Waals surface area contributed by atoms with E-state index < -0.39 is 0 Å². The highest BCUT2D eigenvalue weighted by molar-refractivity contribution is 6.05. The fraction of sp³-hybridized carbons (Fsp3) is 0.167. The van der Waals surface area contributed by atoms with Gasteiger partial charge in [0, 0.05) is 28.7 Å². The highest BCUT2D eigenvalue weighted by Crippen LogP contribution is 2.29. The number of nitrogens with one attached hydrogen (secondary N) is 1. The standard InChI is InChI=1S/C18H16N4/c1-11(2)12-5-3-4-6-14(12)17-20-9-15-13-7-8-19-10-16(13)21-18(15)22-17/h3-11H,1-2H3,(H,20,21,22). The molecule has 0 bridgehead atoms. The molecule has 0 fully saturated rings. The third kappa shape index (κ3) is 1.96. The summed E-state index contributed by atoms with van der Waals surface area (Å²) in [7, 11) is 0. The van der Waals surface area contributed by atoms with Crippen LogP contribution in [0.3, 0.4) is 0 Å². The number of nitrogens with zero attached hydrogens (tertiary/aromatic N) is 3. The van der Waals surface area contributed by atoms with Crippen molar-refractivity contribution < 1.29 is 0 Å². The number of benzene rings is 1. The Kier molecular flexibility index (Phi) is 2.89. The Morgan fingerprint density at radius 1 is 1.00 bits per heavy atom. The molecule has 108 valence electrons. The molecule has 3 heterocycles. The smallest absolute Gasteiger partial charge is 0.161 e. The Labute approximate surface area is 128 Å². The first-order chi connectivity index (χ1) is 10.7. The van der Waals surface area contributed by atoms with Crippen LogP contribution < -0.4 is 0 Å². The molecule has 0 radical (unpaired) electrons. The van der Waals surface area contributed by atoms with Crippen LogP contribution in [0.4, 0.5) is 0 Å². The van der Waals surface area contributed by atoms with E-state index in [2.05, 4.69) is 47.0 Å². The number of hydrogen-bond acceptors (Lipinski definition) is 3. The maximum Gasteiger partial charge on any atom is 0.161 e. The van der Waals surface area contributed by atoms with Crippen LogP contribution in [0.15, 0.2) is 48.9 Å². The topological polar surface area (TPSA) is 54.5 Å². The molecule has 4 rings (SSSR count). The van der Waals surface area contributed by atoms with E-state index in [-0.39, 0.29) is 0 Å². The molecular weight excluding hydrogens is 272 g/mol. The Morgan fingerprint density at radius 3 is 2.73 bits per heavy atom. The quantitative estimate of drug-likeness (QED) is 0.598.